The topological polar surface area (TPSA) is 24.1 Å². The lowest BCUT2D eigenvalue weighted by Gasteiger charge is -2.32. The van der Waals surface area contributed by atoms with Crippen molar-refractivity contribution in [1.82, 2.24) is 10.6 Å². The summed E-state index contributed by atoms with van der Waals surface area (Å²) in [6, 6.07) is 0. The first-order chi connectivity index (χ1) is 6.41. The second-order valence-corrected chi connectivity index (χ2v) is 4.65. The van der Waals surface area contributed by atoms with E-state index in [1.807, 2.05) is 0 Å². The Morgan fingerprint density at radius 3 is 2.31 bits per heavy atom. The maximum absolute atomic E-state index is 3.77. The lowest BCUT2D eigenvalue weighted by Crippen LogP contribution is -2.50. The lowest BCUT2D eigenvalue weighted by atomic mass is 9.90. The van der Waals surface area contributed by atoms with Gasteiger partial charge in [-0.15, -0.1) is 0 Å². The van der Waals surface area contributed by atoms with Crippen molar-refractivity contribution in [2.24, 2.45) is 0 Å². The molecule has 1 saturated heterocycles. The molecule has 0 unspecified atom stereocenters. The zero-order chi connectivity index (χ0) is 8.99. The van der Waals surface area contributed by atoms with Crippen molar-refractivity contribution < 1.29 is 0 Å². The van der Waals surface area contributed by atoms with Gasteiger partial charge in [0.2, 0.25) is 0 Å². The minimum absolute atomic E-state index is 0.465. The van der Waals surface area contributed by atoms with Crippen molar-refractivity contribution in [1.29, 1.82) is 0 Å². The van der Waals surface area contributed by atoms with Crippen LogP contribution in [-0.2, 0) is 0 Å². The minimum atomic E-state index is 0.465. The Labute approximate surface area is 81.5 Å². The maximum Gasteiger partial charge on any atom is 0.0306 e. The van der Waals surface area contributed by atoms with E-state index in [9.17, 15) is 0 Å². The van der Waals surface area contributed by atoms with Crippen LogP contribution in [0.25, 0.3) is 0 Å². The second kappa shape index (κ2) is 4.43. The molecule has 13 heavy (non-hydrogen) atoms. The molecule has 76 valence electrons. The van der Waals surface area contributed by atoms with E-state index in [1.165, 1.54) is 64.6 Å². The molecule has 1 aliphatic carbocycles. The van der Waals surface area contributed by atoms with Crippen LogP contribution in [0.1, 0.15) is 44.9 Å². The first kappa shape index (κ1) is 9.47. The highest BCUT2D eigenvalue weighted by Crippen LogP contribution is 2.27. The van der Waals surface area contributed by atoms with Crippen molar-refractivity contribution in [2.45, 2.75) is 50.5 Å². The molecular formula is C11H22N2. The third-order valence-corrected chi connectivity index (χ3v) is 3.55. The molecule has 2 N–H and O–H groups in total. The molecule has 0 aromatic carbocycles. The molecule has 2 nitrogen and oxygen atoms in total. The first-order valence-corrected chi connectivity index (χ1v) is 5.87. The zero-order valence-electron chi connectivity index (χ0n) is 8.57. The molecule has 0 bridgehead atoms. The standard InChI is InChI=1S/C11H22N2/c1-2-4-7-11(6-3-1)10-12-8-5-9-13-11/h12-13H,1-10H2. The Morgan fingerprint density at radius 1 is 0.769 bits per heavy atom. The molecule has 1 heterocycles. The summed E-state index contributed by atoms with van der Waals surface area (Å²) < 4.78 is 0. The highest BCUT2D eigenvalue weighted by atomic mass is 15.1. The fourth-order valence-corrected chi connectivity index (χ4v) is 2.72. The Bertz CT molecular complexity index is 119. The van der Waals surface area contributed by atoms with Gasteiger partial charge < -0.3 is 10.6 Å². The van der Waals surface area contributed by atoms with Gasteiger partial charge in [0.25, 0.3) is 0 Å². The van der Waals surface area contributed by atoms with Crippen LogP contribution in [0.15, 0.2) is 0 Å². The number of hydrogen-bond acceptors (Lipinski definition) is 2. The van der Waals surface area contributed by atoms with E-state index in [2.05, 4.69) is 10.6 Å². The van der Waals surface area contributed by atoms with Gasteiger partial charge >= 0.3 is 0 Å². The Kier molecular flexibility index (Phi) is 3.23. The summed E-state index contributed by atoms with van der Waals surface area (Å²) in [5.41, 5.74) is 0.465. The van der Waals surface area contributed by atoms with E-state index in [4.69, 9.17) is 0 Å². The molecule has 0 radical (unpaired) electrons. The Balaban J connectivity index is 1.97. The molecule has 0 amide bonds. The predicted octanol–water partition coefficient (Wildman–Crippen LogP) is 1.66. The van der Waals surface area contributed by atoms with E-state index < -0.39 is 0 Å². The van der Waals surface area contributed by atoms with Crippen LogP contribution in [0.3, 0.4) is 0 Å². The molecular weight excluding hydrogens is 160 g/mol. The van der Waals surface area contributed by atoms with Crippen LogP contribution >= 0.6 is 0 Å². The van der Waals surface area contributed by atoms with Gasteiger partial charge in [-0.2, -0.15) is 0 Å². The van der Waals surface area contributed by atoms with Crippen LogP contribution in [0.4, 0.5) is 0 Å². The number of rotatable bonds is 0. The van der Waals surface area contributed by atoms with Crippen molar-refractivity contribution in [2.75, 3.05) is 19.6 Å². The summed E-state index contributed by atoms with van der Waals surface area (Å²) in [6.45, 7) is 3.62. The largest absolute Gasteiger partial charge is 0.315 e. The molecule has 0 aromatic heterocycles. The number of nitrogens with one attached hydrogen (secondary N) is 2. The van der Waals surface area contributed by atoms with Gasteiger partial charge in [-0.25, -0.2) is 0 Å². The average Bonchev–Trinajstić information content (AvgIpc) is 2.50. The second-order valence-electron chi connectivity index (χ2n) is 4.65. The Morgan fingerprint density at radius 2 is 1.54 bits per heavy atom. The monoisotopic (exact) mass is 182 g/mol. The zero-order valence-corrected chi connectivity index (χ0v) is 8.57. The van der Waals surface area contributed by atoms with E-state index in [0.717, 1.165) is 0 Å². The fraction of sp³-hybridized carbons (Fsp3) is 1.00. The molecule has 2 heteroatoms. The molecule has 1 spiro atoms. The molecule has 1 saturated carbocycles. The summed E-state index contributed by atoms with van der Waals surface area (Å²) in [6.07, 6.45) is 9.82. The molecule has 2 rings (SSSR count). The summed E-state index contributed by atoms with van der Waals surface area (Å²) in [5.74, 6) is 0. The summed E-state index contributed by atoms with van der Waals surface area (Å²) in [5, 5.41) is 7.35. The van der Waals surface area contributed by atoms with Gasteiger partial charge in [0, 0.05) is 12.1 Å². The van der Waals surface area contributed by atoms with E-state index in [0.29, 0.717) is 5.54 Å². The quantitative estimate of drug-likeness (QED) is 0.595. The predicted molar refractivity (Wildman–Crippen MR) is 55.9 cm³/mol. The van der Waals surface area contributed by atoms with Crippen LogP contribution in [-0.4, -0.2) is 25.2 Å². The maximum atomic E-state index is 3.77. The van der Waals surface area contributed by atoms with Gasteiger partial charge in [0.1, 0.15) is 0 Å². The lowest BCUT2D eigenvalue weighted by molar-refractivity contribution is 0.293. The summed E-state index contributed by atoms with van der Waals surface area (Å²) in [7, 11) is 0. The van der Waals surface area contributed by atoms with Gasteiger partial charge in [0.05, 0.1) is 0 Å². The van der Waals surface area contributed by atoms with Gasteiger partial charge in [-0.05, 0) is 32.4 Å². The van der Waals surface area contributed by atoms with Gasteiger partial charge in [-0.1, -0.05) is 25.7 Å². The smallest absolute Gasteiger partial charge is 0.0306 e. The van der Waals surface area contributed by atoms with Crippen LogP contribution in [0.2, 0.25) is 0 Å². The minimum Gasteiger partial charge on any atom is -0.315 e. The van der Waals surface area contributed by atoms with Gasteiger partial charge in [0.15, 0.2) is 0 Å². The van der Waals surface area contributed by atoms with Crippen LogP contribution in [0, 0.1) is 0 Å². The SMILES string of the molecule is C1CCCC2(CC1)CNCCCN2. The molecule has 0 atom stereocenters. The normalized spacial score (nSPS) is 29.5. The first-order valence-electron chi connectivity index (χ1n) is 5.87. The van der Waals surface area contributed by atoms with E-state index in [1.54, 1.807) is 0 Å². The molecule has 0 aromatic rings. The fourth-order valence-electron chi connectivity index (χ4n) is 2.72. The van der Waals surface area contributed by atoms with Gasteiger partial charge in [-0.3, -0.25) is 0 Å². The summed E-state index contributed by atoms with van der Waals surface area (Å²) in [4.78, 5) is 0. The molecule has 2 aliphatic rings. The molecule has 2 fully saturated rings. The summed E-state index contributed by atoms with van der Waals surface area (Å²) >= 11 is 0. The van der Waals surface area contributed by atoms with Crippen molar-refractivity contribution in [3.8, 4) is 0 Å². The van der Waals surface area contributed by atoms with E-state index in [-0.39, 0.29) is 0 Å². The highest BCUT2D eigenvalue weighted by Gasteiger charge is 2.30. The average molecular weight is 182 g/mol. The van der Waals surface area contributed by atoms with E-state index >= 15 is 0 Å². The Hall–Kier alpha value is -0.0800. The van der Waals surface area contributed by atoms with Crippen LogP contribution in [0.5, 0.6) is 0 Å². The third-order valence-electron chi connectivity index (χ3n) is 3.55. The van der Waals surface area contributed by atoms with Crippen LogP contribution < -0.4 is 10.6 Å². The number of hydrogen-bond donors (Lipinski definition) is 2. The van der Waals surface area contributed by atoms with Crippen molar-refractivity contribution in [3.05, 3.63) is 0 Å². The van der Waals surface area contributed by atoms with Crippen molar-refractivity contribution >= 4 is 0 Å². The van der Waals surface area contributed by atoms with Crippen molar-refractivity contribution in [3.63, 3.8) is 0 Å². The molecule has 1 aliphatic heterocycles. The third kappa shape index (κ3) is 2.44. The highest BCUT2D eigenvalue weighted by molar-refractivity contribution is 4.93.